The predicted octanol–water partition coefficient (Wildman–Crippen LogP) is 3.60. The molecule has 3 heteroatoms. The Hall–Kier alpha value is -0.570. The molecule has 2 rings (SSSR count). The standard InChI is InChI=1S/C15H27NO2.C2H6/c1-14(2)6-4-12(5-7-14)13(17)16-10-8-15(3,18)9-11-16;1-2/h12,18H,4-11H2,1-3H3;1-2H3. The molecule has 1 saturated carbocycles. The van der Waals surface area contributed by atoms with Gasteiger partial charge in [-0.25, -0.2) is 0 Å². The normalized spacial score (nSPS) is 25.6. The fourth-order valence-corrected chi connectivity index (χ4v) is 3.11. The minimum absolute atomic E-state index is 0.237. The van der Waals surface area contributed by atoms with Gasteiger partial charge in [0.2, 0.25) is 5.91 Å². The molecule has 118 valence electrons. The molecule has 2 aliphatic rings. The van der Waals surface area contributed by atoms with Crippen molar-refractivity contribution in [3.05, 3.63) is 0 Å². The van der Waals surface area contributed by atoms with Crippen molar-refractivity contribution in [2.24, 2.45) is 11.3 Å². The van der Waals surface area contributed by atoms with Gasteiger partial charge >= 0.3 is 0 Å². The van der Waals surface area contributed by atoms with Crippen LogP contribution in [0.4, 0.5) is 0 Å². The zero-order valence-electron chi connectivity index (χ0n) is 14.0. The largest absolute Gasteiger partial charge is 0.390 e. The molecule has 0 radical (unpaired) electrons. The highest BCUT2D eigenvalue weighted by molar-refractivity contribution is 5.79. The van der Waals surface area contributed by atoms with Crippen LogP contribution in [0.3, 0.4) is 0 Å². The topological polar surface area (TPSA) is 40.5 Å². The third kappa shape index (κ3) is 4.76. The summed E-state index contributed by atoms with van der Waals surface area (Å²) in [4.78, 5) is 14.4. The van der Waals surface area contributed by atoms with E-state index in [0.29, 0.717) is 11.3 Å². The van der Waals surface area contributed by atoms with Gasteiger partial charge in [0.15, 0.2) is 0 Å². The zero-order valence-corrected chi connectivity index (χ0v) is 14.0. The molecule has 1 aliphatic heterocycles. The molecule has 0 aromatic carbocycles. The van der Waals surface area contributed by atoms with Crippen molar-refractivity contribution < 1.29 is 9.90 Å². The summed E-state index contributed by atoms with van der Waals surface area (Å²) >= 11 is 0. The molecule has 0 bridgehead atoms. The number of piperidine rings is 1. The van der Waals surface area contributed by atoms with Crippen LogP contribution in [0.2, 0.25) is 0 Å². The average molecular weight is 283 g/mol. The summed E-state index contributed by atoms with van der Waals surface area (Å²) in [6, 6.07) is 0. The molecule has 0 atom stereocenters. The Kier molecular flexibility index (Phi) is 6.06. The first-order valence-corrected chi connectivity index (χ1v) is 8.30. The number of amides is 1. The summed E-state index contributed by atoms with van der Waals surface area (Å²) in [6.45, 7) is 11.9. The molecule has 20 heavy (non-hydrogen) atoms. The Balaban J connectivity index is 0.000000956. The van der Waals surface area contributed by atoms with Crippen LogP contribution in [0.25, 0.3) is 0 Å². The van der Waals surface area contributed by atoms with E-state index in [0.717, 1.165) is 51.6 Å². The van der Waals surface area contributed by atoms with Crippen LogP contribution in [0, 0.1) is 11.3 Å². The number of carbonyl (C=O) groups is 1. The van der Waals surface area contributed by atoms with E-state index < -0.39 is 5.60 Å². The number of rotatable bonds is 1. The van der Waals surface area contributed by atoms with Crippen LogP contribution in [-0.4, -0.2) is 34.6 Å². The fraction of sp³-hybridized carbons (Fsp3) is 0.941. The Labute approximate surface area is 124 Å². The highest BCUT2D eigenvalue weighted by Crippen LogP contribution is 2.39. The molecule has 0 aromatic heterocycles. The Morgan fingerprint density at radius 3 is 1.90 bits per heavy atom. The molecule has 2 fully saturated rings. The van der Waals surface area contributed by atoms with Crippen LogP contribution in [0.1, 0.15) is 73.1 Å². The summed E-state index contributed by atoms with van der Waals surface area (Å²) in [6.07, 6.45) is 5.84. The van der Waals surface area contributed by atoms with Crippen LogP contribution in [0.15, 0.2) is 0 Å². The van der Waals surface area contributed by atoms with Gasteiger partial charge in [0.1, 0.15) is 0 Å². The Morgan fingerprint density at radius 2 is 1.45 bits per heavy atom. The molecule has 3 nitrogen and oxygen atoms in total. The highest BCUT2D eigenvalue weighted by atomic mass is 16.3. The number of aliphatic hydroxyl groups is 1. The number of hydrogen-bond acceptors (Lipinski definition) is 2. The molecule has 1 saturated heterocycles. The van der Waals surface area contributed by atoms with Gasteiger partial charge in [-0.05, 0) is 50.9 Å². The third-order valence-corrected chi connectivity index (χ3v) is 4.84. The summed E-state index contributed by atoms with van der Waals surface area (Å²) < 4.78 is 0. The highest BCUT2D eigenvalue weighted by Gasteiger charge is 2.35. The monoisotopic (exact) mass is 283 g/mol. The second-order valence-electron chi connectivity index (χ2n) is 7.26. The number of likely N-dealkylation sites (tertiary alicyclic amines) is 1. The van der Waals surface area contributed by atoms with Crippen LogP contribution in [-0.2, 0) is 4.79 Å². The predicted molar refractivity (Wildman–Crippen MR) is 83.5 cm³/mol. The van der Waals surface area contributed by atoms with Gasteiger partial charge in [-0.1, -0.05) is 27.7 Å². The van der Waals surface area contributed by atoms with Crippen molar-refractivity contribution in [1.82, 2.24) is 4.90 Å². The third-order valence-electron chi connectivity index (χ3n) is 4.84. The average Bonchev–Trinajstić information content (AvgIpc) is 2.40. The first kappa shape index (κ1) is 17.5. The van der Waals surface area contributed by atoms with E-state index in [9.17, 15) is 9.90 Å². The molecule has 0 aromatic rings. The van der Waals surface area contributed by atoms with E-state index in [1.807, 2.05) is 25.7 Å². The Bertz CT molecular complexity index is 273. The van der Waals surface area contributed by atoms with E-state index in [1.165, 1.54) is 0 Å². The number of nitrogens with zero attached hydrogens (tertiary/aromatic N) is 1. The van der Waals surface area contributed by atoms with E-state index in [4.69, 9.17) is 0 Å². The van der Waals surface area contributed by atoms with Crippen LogP contribution in [0.5, 0.6) is 0 Å². The summed E-state index contributed by atoms with van der Waals surface area (Å²) in [5.41, 5.74) is -0.145. The first-order valence-electron chi connectivity index (χ1n) is 8.30. The minimum Gasteiger partial charge on any atom is -0.390 e. The molecule has 1 heterocycles. The van der Waals surface area contributed by atoms with Crippen molar-refractivity contribution in [1.29, 1.82) is 0 Å². The molecule has 1 aliphatic carbocycles. The summed E-state index contributed by atoms with van der Waals surface area (Å²) in [5, 5.41) is 9.91. The zero-order chi connectivity index (χ0) is 15.4. The Morgan fingerprint density at radius 1 is 1.00 bits per heavy atom. The lowest BCUT2D eigenvalue weighted by molar-refractivity contribution is -0.141. The van der Waals surface area contributed by atoms with E-state index >= 15 is 0 Å². The lowest BCUT2D eigenvalue weighted by atomic mass is 9.72. The first-order chi connectivity index (χ1) is 9.29. The molecular weight excluding hydrogens is 250 g/mol. The van der Waals surface area contributed by atoms with Gasteiger partial charge in [0.25, 0.3) is 0 Å². The molecule has 0 unspecified atom stereocenters. The SMILES string of the molecule is CC.CC1(C)CCC(C(=O)N2CCC(C)(O)CC2)CC1. The van der Waals surface area contributed by atoms with Crippen LogP contribution < -0.4 is 0 Å². The minimum atomic E-state index is -0.564. The second kappa shape index (κ2) is 6.93. The molecule has 0 spiro atoms. The van der Waals surface area contributed by atoms with Crippen molar-refractivity contribution >= 4 is 5.91 Å². The lowest BCUT2D eigenvalue weighted by Gasteiger charge is -2.40. The molecule has 1 amide bonds. The van der Waals surface area contributed by atoms with Gasteiger partial charge in [-0.15, -0.1) is 0 Å². The fourth-order valence-electron chi connectivity index (χ4n) is 3.11. The van der Waals surface area contributed by atoms with Crippen molar-refractivity contribution in [2.45, 2.75) is 78.7 Å². The molecule has 1 N–H and O–H groups in total. The van der Waals surface area contributed by atoms with E-state index in [-0.39, 0.29) is 5.92 Å². The van der Waals surface area contributed by atoms with E-state index in [2.05, 4.69) is 13.8 Å². The maximum Gasteiger partial charge on any atom is 0.225 e. The van der Waals surface area contributed by atoms with Crippen molar-refractivity contribution in [3.8, 4) is 0 Å². The maximum absolute atomic E-state index is 12.4. The number of hydrogen-bond donors (Lipinski definition) is 1. The van der Waals surface area contributed by atoms with E-state index in [1.54, 1.807) is 0 Å². The molecular formula is C17H33NO2. The van der Waals surface area contributed by atoms with Gasteiger partial charge in [0, 0.05) is 19.0 Å². The van der Waals surface area contributed by atoms with Crippen molar-refractivity contribution in [3.63, 3.8) is 0 Å². The summed E-state index contributed by atoms with van der Waals surface area (Å²) in [5.74, 6) is 0.571. The van der Waals surface area contributed by atoms with Crippen LogP contribution >= 0.6 is 0 Å². The van der Waals surface area contributed by atoms with Gasteiger partial charge < -0.3 is 10.0 Å². The lowest BCUT2D eigenvalue weighted by Crippen LogP contribution is -2.47. The maximum atomic E-state index is 12.4. The van der Waals surface area contributed by atoms with Gasteiger partial charge in [-0.3, -0.25) is 4.79 Å². The number of carbonyl (C=O) groups excluding carboxylic acids is 1. The van der Waals surface area contributed by atoms with Crippen molar-refractivity contribution in [2.75, 3.05) is 13.1 Å². The quantitative estimate of drug-likeness (QED) is 0.798. The second-order valence-corrected chi connectivity index (χ2v) is 7.26. The smallest absolute Gasteiger partial charge is 0.225 e. The summed E-state index contributed by atoms with van der Waals surface area (Å²) in [7, 11) is 0. The van der Waals surface area contributed by atoms with Gasteiger partial charge in [-0.2, -0.15) is 0 Å². The van der Waals surface area contributed by atoms with Gasteiger partial charge in [0.05, 0.1) is 5.60 Å².